The number of rotatable bonds is 9. The SMILES string of the molecule is CCCCOC(=O)OC(=O)Nc1nccc(Cc2cncc(Nc3ccc(C=C(C)C)cc3F)c2C)c1F. The summed E-state index contributed by atoms with van der Waals surface area (Å²) >= 11 is 0. The van der Waals surface area contributed by atoms with Gasteiger partial charge in [0.15, 0.2) is 11.6 Å². The predicted molar refractivity (Wildman–Crippen MR) is 141 cm³/mol. The fourth-order valence-electron chi connectivity index (χ4n) is 3.51. The molecular weight excluding hydrogens is 494 g/mol. The van der Waals surface area contributed by atoms with Crippen LogP contribution in [-0.2, 0) is 15.9 Å². The Kier molecular flexibility index (Phi) is 9.86. The smallest absolute Gasteiger partial charge is 0.434 e. The maximum Gasteiger partial charge on any atom is 0.517 e. The molecule has 0 bridgehead atoms. The Morgan fingerprint density at radius 3 is 2.58 bits per heavy atom. The van der Waals surface area contributed by atoms with Crippen molar-refractivity contribution in [3.63, 3.8) is 0 Å². The molecule has 0 saturated carbocycles. The summed E-state index contributed by atoms with van der Waals surface area (Å²) in [6.45, 7) is 7.71. The van der Waals surface area contributed by atoms with Crippen LogP contribution in [0.2, 0.25) is 0 Å². The molecule has 0 saturated heterocycles. The Hall–Kier alpha value is -4.34. The van der Waals surface area contributed by atoms with Gasteiger partial charge in [0.25, 0.3) is 0 Å². The van der Waals surface area contributed by atoms with E-state index in [4.69, 9.17) is 4.74 Å². The van der Waals surface area contributed by atoms with E-state index in [2.05, 4.69) is 25.3 Å². The topological polar surface area (TPSA) is 102 Å². The number of benzene rings is 1. The highest BCUT2D eigenvalue weighted by molar-refractivity contribution is 5.90. The predicted octanol–water partition coefficient (Wildman–Crippen LogP) is 7.31. The molecular formula is C28H30F2N4O4. The minimum atomic E-state index is -1.21. The third-order valence-corrected chi connectivity index (χ3v) is 5.50. The summed E-state index contributed by atoms with van der Waals surface area (Å²) < 4.78 is 39.0. The molecule has 10 heteroatoms. The highest BCUT2D eigenvalue weighted by atomic mass is 19.1. The van der Waals surface area contributed by atoms with E-state index in [0.29, 0.717) is 17.7 Å². The van der Waals surface area contributed by atoms with Crippen molar-refractivity contribution in [1.29, 1.82) is 0 Å². The Bertz CT molecular complexity index is 1340. The summed E-state index contributed by atoms with van der Waals surface area (Å²) in [6, 6.07) is 6.36. The maximum atomic E-state index is 15.1. The second-order valence-corrected chi connectivity index (χ2v) is 8.83. The van der Waals surface area contributed by atoms with Gasteiger partial charge >= 0.3 is 12.2 Å². The van der Waals surface area contributed by atoms with E-state index in [1.54, 1.807) is 18.5 Å². The molecule has 0 fully saturated rings. The molecule has 2 aromatic heterocycles. The number of aromatic nitrogens is 2. The monoisotopic (exact) mass is 524 g/mol. The fraction of sp³-hybridized carbons (Fsp3) is 0.286. The van der Waals surface area contributed by atoms with E-state index in [-0.39, 0.29) is 24.3 Å². The van der Waals surface area contributed by atoms with Crippen molar-refractivity contribution in [2.24, 2.45) is 0 Å². The number of pyridine rings is 2. The second kappa shape index (κ2) is 13.3. The molecule has 0 atom stereocenters. The summed E-state index contributed by atoms with van der Waals surface area (Å²) in [6.07, 6.45) is 5.50. The lowest BCUT2D eigenvalue weighted by molar-refractivity contribution is 0.0786. The Balaban J connectivity index is 1.73. The molecule has 8 nitrogen and oxygen atoms in total. The molecule has 38 heavy (non-hydrogen) atoms. The quantitative estimate of drug-likeness (QED) is 0.172. The van der Waals surface area contributed by atoms with Gasteiger partial charge in [0.1, 0.15) is 5.82 Å². The zero-order valence-corrected chi connectivity index (χ0v) is 21.7. The third-order valence-electron chi connectivity index (χ3n) is 5.50. The number of carbonyl (C=O) groups excluding carboxylic acids is 2. The number of ether oxygens (including phenoxy) is 2. The normalized spacial score (nSPS) is 10.5. The number of nitrogens with zero attached hydrogens (tertiary/aromatic N) is 2. The van der Waals surface area contributed by atoms with Gasteiger partial charge in [0.05, 0.1) is 24.2 Å². The van der Waals surface area contributed by atoms with Crippen molar-refractivity contribution in [3.05, 3.63) is 82.3 Å². The van der Waals surface area contributed by atoms with Crippen LogP contribution < -0.4 is 10.6 Å². The van der Waals surface area contributed by atoms with Crippen LogP contribution in [-0.4, -0.2) is 28.8 Å². The summed E-state index contributed by atoms with van der Waals surface area (Å²) in [5.74, 6) is -1.60. The van der Waals surface area contributed by atoms with Crippen molar-refractivity contribution in [3.8, 4) is 0 Å². The number of halogens is 2. The number of carbonyl (C=O) groups is 2. The van der Waals surface area contributed by atoms with Gasteiger partial charge in [-0.25, -0.2) is 23.4 Å². The average Bonchev–Trinajstić information content (AvgIpc) is 2.85. The van der Waals surface area contributed by atoms with Crippen LogP contribution in [0.4, 0.5) is 35.6 Å². The van der Waals surface area contributed by atoms with Crippen molar-refractivity contribution in [2.75, 3.05) is 17.2 Å². The van der Waals surface area contributed by atoms with Crippen LogP contribution in [0.3, 0.4) is 0 Å². The first-order chi connectivity index (χ1) is 18.2. The number of nitrogens with one attached hydrogen (secondary N) is 2. The minimum Gasteiger partial charge on any atom is -0.434 e. The van der Waals surface area contributed by atoms with Gasteiger partial charge in [-0.05, 0) is 67.6 Å². The van der Waals surface area contributed by atoms with Crippen molar-refractivity contribution in [2.45, 2.75) is 47.0 Å². The molecule has 0 unspecified atom stereocenters. The number of hydrogen-bond donors (Lipinski definition) is 2. The van der Waals surface area contributed by atoms with Gasteiger partial charge in [-0.3, -0.25) is 10.3 Å². The van der Waals surface area contributed by atoms with Crippen molar-refractivity contribution < 1.29 is 27.8 Å². The van der Waals surface area contributed by atoms with Crippen LogP contribution in [0.1, 0.15) is 55.9 Å². The molecule has 0 aliphatic carbocycles. The molecule has 1 aromatic carbocycles. The number of anilines is 3. The number of hydrogen-bond acceptors (Lipinski definition) is 7. The molecule has 2 heterocycles. The van der Waals surface area contributed by atoms with Crippen LogP contribution in [0.15, 0.2) is 48.4 Å². The van der Waals surface area contributed by atoms with Gasteiger partial charge in [-0.15, -0.1) is 0 Å². The molecule has 0 aliphatic rings. The van der Waals surface area contributed by atoms with Crippen LogP contribution in [0.25, 0.3) is 6.08 Å². The lowest BCUT2D eigenvalue weighted by atomic mass is 10.0. The van der Waals surface area contributed by atoms with E-state index in [0.717, 1.165) is 23.1 Å². The maximum absolute atomic E-state index is 15.1. The summed E-state index contributed by atoms with van der Waals surface area (Å²) in [5, 5.41) is 5.17. The fourth-order valence-corrected chi connectivity index (χ4v) is 3.51. The van der Waals surface area contributed by atoms with Crippen LogP contribution in [0, 0.1) is 18.6 Å². The molecule has 0 aliphatic heterocycles. The highest BCUT2D eigenvalue weighted by Crippen LogP contribution is 2.27. The van der Waals surface area contributed by atoms with Gasteiger partial charge in [0, 0.05) is 18.8 Å². The number of allylic oxidation sites excluding steroid dienone is 1. The molecule has 1 amide bonds. The van der Waals surface area contributed by atoms with E-state index < -0.39 is 29.7 Å². The summed E-state index contributed by atoms with van der Waals surface area (Å²) in [4.78, 5) is 31.5. The first kappa shape index (κ1) is 28.2. The second-order valence-electron chi connectivity index (χ2n) is 8.83. The zero-order valence-electron chi connectivity index (χ0n) is 21.7. The van der Waals surface area contributed by atoms with Crippen molar-refractivity contribution in [1.82, 2.24) is 9.97 Å². The van der Waals surface area contributed by atoms with E-state index >= 15 is 4.39 Å². The van der Waals surface area contributed by atoms with Crippen LogP contribution in [0.5, 0.6) is 0 Å². The lowest BCUT2D eigenvalue weighted by Gasteiger charge is -2.14. The van der Waals surface area contributed by atoms with Gasteiger partial charge < -0.3 is 14.8 Å². The first-order valence-electron chi connectivity index (χ1n) is 12.1. The standard InChI is InChI=1S/C28H30F2N4O4/c1-5-6-11-37-28(36)38-27(35)34-26-25(30)20(9-10-32-26)14-21-15-31-16-24(18(21)4)33-23-8-7-19(12-17(2)3)13-22(23)29/h7-10,12-13,15-16,33H,5-6,11,14H2,1-4H3,(H,32,34,35). The highest BCUT2D eigenvalue weighted by Gasteiger charge is 2.18. The zero-order chi connectivity index (χ0) is 27.7. The molecule has 0 spiro atoms. The van der Waals surface area contributed by atoms with E-state index in [1.807, 2.05) is 39.8 Å². The van der Waals surface area contributed by atoms with Crippen molar-refractivity contribution >= 4 is 35.5 Å². The van der Waals surface area contributed by atoms with Gasteiger partial charge in [-0.2, -0.15) is 0 Å². The van der Waals surface area contributed by atoms with E-state index in [9.17, 15) is 14.0 Å². The molecule has 3 rings (SSSR count). The Morgan fingerprint density at radius 1 is 1.08 bits per heavy atom. The molecule has 2 N–H and O–H groups in total. The summed E-state index contributed by atoms with van der Waals surface area (Å²) in [5.41, 5.74) is 4.30. The molecule has 3 aromatic rings. The lowest BCUT2D eigenvalue weighted by Crippen LogP contribution is -2.21. The molecule has 0 radical (unpaired) electrons. The number of amides is 1. The Morgan fingerprint density at radius 2 is 1.87 bits per heavy atom. The molecule has 200 valence electrons. The average molecular weight is 525 g/mol. The Labute approximate surface area is 220 Å². The summed E-state index contributed by atoms with van der Waals surface area (Å²) in [7, 11) is 0. The minimum absolute atomic E-state index is 0.111. The number of unbranched alkanes of at least 4 members (excludes halogenated alkanes) is 1. The largest absolute Gasteiger partial charge is 0.517 e. The van der Waals surface area contributed by atoms with Gasteiger partial charge in [0.2, 0.25) is 0 Å². The van der Waals surface area contributed by atoms with Gasteiger partial charge in [-0.1, -0.05) is 31.1 Å². The first-order valence-corrected chi connectivity index (χ1v) is 12.1. The third kappa shape index (κ3) is 7.83. The van der Waals surface area contributed by atoms with Crippen LogP contribution >= 0.6 is 0 Å². The van der Waals surface area contributed by atoms with E-state index in [1.165, 1.54) is 18.3 Å².